The van der Waals surface area contributed by atoms with Gasteiger partial charge in [-0.25, -0.2) is 4.98 Å². The van der Waals surface area contributed by atoms with Crippen molar-refractivity contribution in [3.8, 4) is 16.9 Å². The van der Waals surface area contributed by atoms with E-state index in [4.69, 9.17) is 43.6 Å². The summed E-state index contributed by atoms with van der Waals surface area (Å²) < 4.78 is 29.4. The molecular weight excluding hydrogens is 1290 g/mol. The molecule has 4 aromatic heterocycles. The van der Waals surface area contributed by atoms with Gasteiger partial charge in [-0.1, -0.05) is 149 Å². The number of ketones is 1. The summed E-state index contributed by atoms with van der Waals surface area (Å²) in [6.45, 7) is 15.1. The zero-order chi connectivity index (χ0) is 72.7. The molecule has 19 heteroatoms. The highest BCUT2D eigenvalue weighted by Crippen LogP contribution is 2.26. The van der Waals surface area contributed by atoms with Crippen LogP contribution >= 0.6 is 0 Å². The smallest absolute Gasteiger partial charge is 0.306 e. The van der Waals surface area contributed by atoms with Crippen molar-refractivity contribution in [2.75, 3.05) is 58.1 Å². The van der Waals surface area contributed by atoms with Gasteiger partial charge >= 0.3 is 5.97 Å². The Labute approximate surface area is 609 Å². The third kappa shape index (κ3) is 31.4. The number of hydrogen-bond donors (Lipinski definition) is 2. The van der Waals surface area contributed by atoms with Crippen LogP contribution in [0.25, 0.3) is 11.1 Å². The second-order valence-corrected chi connectivity index (χ2v) is 27.1. The standard InChI is InChI=1S/C84H105N9O10/c1-6-8-11-30-77(94)54-72-27-21-28-75(88-72)61-91(59-73-25-15-17-43-85-73)56-68-51-69(57-92(60-74-26-16-18-44-86-74)62-76-29-22-31-79(89-76)90-80(95)32-12-9-7-2)53-78(52-68)102-46-20-19-45-93(58-67-37-40-71(41-38-67)70-23-13-10-14-24-70)82(97)64-101-50-48-99-47-49-100-63-81(96)87-55-66-35-33-65(34-36-66)39-42-83(98)103-84(3,4)5/h10,13-18,21-29,31,33-38,40-41,43-44,51-53H,6-9,11-12,19-20,30,32,39,42,45-50,54-64H2,1-5H3,(H,87,96)(H,89,90,95). The van der Waals surface area contributed by atoms with Gasteiger partial charge in [0.25, 0.3) is 0 Å². The molecule has 0 radical (unpaired) electrons. The zero-order valence-corrected chi connectivity index (χ0v) is 61.0. The predicted octanol–water partition coefficient (Wildman–Crippen LogP) is 14.4. The molecule has 0 unspecified atom stereocenters. The molecule has 0 saturated carbocycles. The van der Waals surface area contributed by atoms with Gasteiger partial charge < -0.3 is 39.2 Å². The Bertz CT molecular complexity index is 3690. The Balaban J connectivity index is 0.909. The fraction of sp³-hybridized carbons (Fsp3) is 0.417. The first-order chi connectivity index (χ1) is 50.1. The van der Waals surface area contributed by atoms with Crippen LogP contribution in [-0.2, 0) is 108 Å². The second kappa shape index (κ2) is 44.2. The van der Waals surface area contributed by atoms with E-state index < -0.39 is 5.60 Å². The molecule has 3 amide bonds. The number of esters is 1. The molecule has 0 aliphatic rings. The van der Waals surface area contributed by atoms with E-state index in [0.29, 0.717) is 122 Å². The van der Waals surface area contributed by atoms with E-state index in [2.05, 4.69) is 88.9 Å². The highest BCUT2D eigenvalue weighted by Gasteiger charge is 2.20. The van der Waals surface area contributed by atoms with Crippen LogP contribution in [0.3, 0.4) is 0 Å². The summed E-state index contributed by atoms with van der Waals surface area (Å²) in [7, 11) is 0. The van der Waals surface area contributed by atoms with Crippen LogP contribution in [0.4, 0.5) is 5.82 Å². The monoisotopic (exact) mass is 1400 g/mol. The third-order valence-electron chi connectivity index (χ3n) is 16.8. The van der Waals surface area contributed by atoms with Crippen LogP contribution in [0.1, 0.15) is 162 Å². The van der Waals surface area contributed by atoms with Gasteiger partial charge in [0.1, 0.15) is 36.2 Å². The number of ether oxygens (including phenoxy) is 5. The Morgan fingerprint density at radius 2 is 1.02 bits per heavy atom. The summed E-state index contributed by atoms with van der Waals surface area (Å²) in [5.41, 5.74) is 10.9. The number of pyridine rings is 4. The lowest BCUT2D eigenvalue weighted by Gasteiger charge is -2.25. The molecule has 4 aromatic carbocycles. The maximum Gasteiger partial charge on any atom is 0.306 e. The van der Waals surface area contributed by atoms with Crippen molar-refractivity contribution in [1.82, 2.24) is 40.0 Å². The second-order valence-electron chi connectivity index (χ2n) is 27.1. The molecule has 546 valence electrons. The minimum atomic E-state index is -0.517. The summed E-state index contributed by atoms with van der Waals surface area (Å²) in [5.74, 6) is 0.749. The fourth-order valence-electron chi connectivity index (χ4n) is 11.7. The number of aryl methyl sites for hydroxylation is 1. The number of hydrogen-bond acceptors (Lipinski definition) is 16. The lowest BCUT2D eigenvalue weighted by atomic mass is 10.0. The van der Waals surface area contributed by atoms with Crippen LogP contribution in [-0.4, -0.2) is 123 Å². The van der Waals surface area contributed by atoms with Crippen molar-refractivity contribution in [2.24, 2.45) is 0 Å². The Morgan fingerprint density at radius 1 is 0.456 bits per heavy atom. The van der Waals surface area contributed by atoms with Crippen molar-refractivity contribution in [1.29, 1.82) is 0 Å². The van der Waals surface area contributed by atoms with Gasteiger partial charge in [0.05, 0.1) is 55.8 Å². The van der Waals surface area contributed by atoms with Gasteiger partial charge in [-0.2, -0.15) is 0 Å². The zero-order valence-electron chi connectivity index (χ0n) is 61.0. The van der Waals surface area contributed by atoms with Crippen molar-refractivity contribution < 1.29 is 47.7 Å². The Morgan fingerprint density at radius 3 is 1.66 bits per heavy atom. The summed E-state index contributed by atoms with van der Waals surface area (Å²) in [6.07, 6.45) is 12.9. The van der Waals surface area contributed by atoms with Crippen LogP contribution in [0, 0.1) is 0 Å². The normalized spacial score (nSPS) is 11.4. The number of nitrogens with one attached hydrogen (secondary N) is 2. The molecule has 0 aliphatic heterocycles. The molecule has 0 saturated heterocycles. The van der Waals surface area contributed by atoms with E-state index in [-0.39, 0.29) is 69.1 Å². The van der Waals surface area contributed by atoms with Gasteiger partial charge in [-0.15, -0.1) is 0 Å². The molecule has 103 heavy (non-hydrogen) atoms. The number of amides is 3. The summed E-state index contributed by atoms with van der Waals surface area (Å²) in [4.78, 5) is 90.7. The topological polar surface area (TPSA) is 217 Å². The van der Waals surface area contributed by atoms with Gasteiger partial charge in [0.15, 0.2) is 0 Å². The number of unbranched alkanes of at least 4 members (excludes halogenated alkanes) is 5. The number of carbonyl (C=O) groups is 5. The maximum atomic E-state index is 14.1. The lowest BCUT2D eigenvalue weighted by Crippen LogP contribution is -2.35. The maximum absolute atomic E-state index is 14.1. The van der Waals surface area contributed by atoms with E-state index in [1.807, 2.05) is 147 Å². The molecule has 0 aliphatic carbocycles. The molecule has 0 bridgehead atoms. The molecule has 4 heterocycles. The molecule has 0 spiro atoms. The van der Waals surface area contributed by atoms with Crippen LogP contribution < -0.4 is 15.4 Å². The Hall–Kier alpha value is -9.37. The van der Waals surface area contributed by atoms with Crippen molar-refractivity contribution in [3.05, 3.63) is 239 Å². The molecular formula is C84H105N9O10. The number of carbonyl (C=O) groups excluding carboxylic acids is 5. The number of anilines is 1. The molecule has 8 aromatic rings. The average molecular weight is 1400 g/mol. The van der Waals surface area contributed by atoms with E-state index in [1.165, 1.54) is 0 Å². The van der Waals surface area contributed by atoms with Gasteiger partial charge in [-0.05, 0) is 152 Å². The first-order valence-electron chi connectivity index (χ1n) is 36.5. The van der Waals surface area contributed by atoms with Gasteiger partial charge in [-0.3, -0.25) is 48.7 Å². The van der Waals surface area contributed by atoms with E-state index in [9.17, 15) is 24.0 Å². The predicted molar refractivity (Wildman–Crippen MR) is 402 cm³/mol. The largest absolute Gasteiger partial charge is 0.494 e. The van der Waals surface area contributed by atoms with Crippen molar-refractivity contribution in [2.45, 2.75) is 176 Å². The van der Waals surface area contributed by atoms with Crippen molar-refractivity contribution in [3.63, 3.8) is 0 Å². The number of nitrogens with zero attached hydrogens (tertiary/aromatic N) is 7. The number of aromatic nitrogens is 4. The van der Waals surface area contributed by atoms with E-state index >= 15 is 0 Å². The first-order valence-corrected chi connectivity index (χ1v) is 36.5. The van der Waals surface area contributed by atoms with E-state index in [1.54, 1.807) is 6.20 Å². The molecule has 0 fully saturated rings. The highest BCUT2D eigenvalue weighted by molar-refractivity contribution is 5.89. The first kappa shape index (κ1) is 79.3. The lowest BCUT2D eigenvalue weighted by molar-refractivity contribution is -0.154. The van der Waals surface area contributed by atoms with Crippen LogP contribution in [0.2, 0.25) is 0 Å². The number of rotatable bonds is 47. The average Bonchev–Trinajstić information content (AvgIpc) is 0.841. The van der Waals surface area contributed by atoms with Gasteiger partial charge in [0.2, 0.25) is 17.7 Å². The minimum Gasteiger partial charge on any atom is -0.494 e. The fourth-order valence-corrected chi connectivity index (χ4v) is 11.7. The van der Waals surface area contributed by atoms with Crippen LogP contribution in [0.5, 0.6) is 5.75 Å². The quantitative estimate of drug-likeness (QED) is 0.0268. The summed E-state index contributed by atoms with van der Waals surface area (Å²) in [6, 6.07) is 56.3. The number of Topliss-reactive ketones (excluding diaryl/α,β-unsaturated/α-hetero) is 1. The van der Waals surface area contributed by atoms with Crippen LogP contribution in [0.15, 0.2) is 182 Å². The van der Waals surface area contributed by atoms with E-state index in [0.717, 1.165) is 106 Å². The molecule has 8 rings (SSSR count). The summed E-state index contributed by atoms with van der Waals surface area (Å²) >= 11 is 0. The number of benzene rings is 4. The van der Waals surface area contributed by atoms with Gasteiger partial charge in [0, 0.05) is 103 Å². The third-order valence-corrected chi connectivity index (χ3v) is 16.8. The highest BCUT2D eigenvalue weighted by atomic mass is 16.6. The summed E-state index contributed by atoms with van der Waals surface area (Å²) in [5, 5.41) is 5.89. The minimum absolute atomic E-state index is 0.0468. The SMILES string of the molecule is CCCCCC(=O)Cc1cccc(CN(Cc2cc(CN(Cc3ccccn3)Cc3cccc(NC(=O)CCCCC)n3)cc(OCCCCN(Cc3ccc(-c4ccccc4)cc3)C(=O)COCCOCCOCC(=O)NCc3ccc(CCC(=O)OC(C)(C)C)cc3)c2)Cc2ccccn2)n1. The molecule has 0 atom stereocenters. The molecule has 19 nitrogen and oxygen atoms in total. The van der Waals surface area contributed by atoms with Crippen molar-refractivity contribution >= 4 is 35.3 Å². The molecule has 2 N–H and O–H groups in total. The Kier molecular flexibility index (Phi) is 34.1.